The highest BCUT2D eigenvalue weighted by Gasteiger charge is 2.15. The molecular formula is C6H10N4O2. The Bertz CT molecular complexity index is 219. The lowest BCUT2D eigenvalue weighted by Gasteiger charge is -2.21. The fraction of sp³-hybridized carbons (Fsp3) is 0.833. The summed E-state index contributed by atoms with van der Waals surface area (Å²) in [7, 11) is 0. The largest absolute Gasteiger partial charge is 0.355 e. The van der Waals surface area contributed by atoms with Crippen LogP contribution < -0.4 is 0 Å². The zero-order chi connectivity index (χ0) is 8.23. The number of hydrogen-bond acceptors (Lipinski definition) is 5. The van der Waals surface area contributed by atoms with Crippen LogP contribution in [0.4, 0.5) is 0 Å². The van der Waals surface area contributed by atoms with Crippen molar-refractivity contribution in [3.05, 3.63) is 6.33 Å². The summed E-state index contributed by atoms with van der Waals surface area (Å²) in [4.78, 5) is 1.52. The van der Waals surface area contributed by atoms with E-state index < -0.39 is 0 Å². The van der Waals surface area contributed by atoms with Gasteiger partial charge >= 0.3 is 0 Å². The van der Waals surface area contributed by atoms with Gasteiger partial charge in [-0.2, -0.15) is 4.80 Å². The van der Waals surface area contributed by atoms with E-state index in [0.717, 1.165) is 13.0 Å². The van der Waals surface area contributed by atoms with Gasteiger partial charge in [-0.3, -0.25) is 0 Å². The average Bonchev–Trinajstić information content (AvgIpc) is 2.59. The number of ether oxygens (including phenoxy) is 2. The molecule has 0 saturated carbocycles. The maximum absolute atomic E-state index is 5.30. The number of hydrogen-bond donors (Lipinski definition) is 0. The summed E-state index contributed by atoms with van der Waals surface area (Å²) in [6.07, 6.45) is 2.47. The topological polar surface area (TPSA) is 62.1 Å². The Balaban J connectivity index is 1.86. The smallest absolute Gasteiger partial charge is 0.162 e. The Morgan fingerprint density at radius 2 is 2.58 bits per heavy atom. The molecule has 0 aliphatic carbocycles. The molecule has 0 bridgehead atoms. The summed E-state index contributed by atoms with van der Waals surface area (Å²) in [6.45, 7) is 1.78. The molecule has 0 amide bonds. The monoisotopic (exact) mass is 170 g/mol. The Kier molecular flexibility index (Phi) is 2.28. The van der Waals surface area contributed by atoms with Crippen LogP contribution in [0.15, 0.2) is 6.33 Å². The first kappa shape index (κ1) is 7.63. The van der Waals surface area contributed by atoms with E-state index >= 15 is 0 Å². The Labute approximate surface area is 69.5 Å². The van der Waals surface area contributed by atoms with Crippen LogP contribution in [0.3, 0.4) is 0 Å². The molecule has 1 aromatic rings. The predicted molar refractivity (Wildman–Crippen MR) is 38.1 cm³/mol. The van der Waals surface area contributed by atoms with Crippen LogP contribution in [0.5, 0.6) is 0 Å². The highest BCUT2D eigenvalue weighted by molar-refractivity contribution is 4.58. The normalized spacial score (nSPS) is 24.2. The van der Waals surface area contributed by atoms with Gasteiger partial charge in [0.05, 0.1) is 19.3 Å². The number of aromatic nitrogens is 4. The molecule has 1 saturated heterocycles. The van der Waals surface area contributed by atoms with Crippen LogP contribution in [-0.4, -0.2) is 39.7 Å². The van der Waals surface area contributed by atoms with E-state index in [1.54, 1.807) is 0 Å². The number of rotatable bonds is 2. The molecular weight excluding hydrogens is 160 g/mol. The molecule has 0 N–H and O–H groups in total. The first-order valence-corrected chi connectivity index (χ1v) is 3.85. The van der Waals surface area contributed by atoms with Crippen molar-refractivity contribution in [3.8, 4) is 0 Å². The third-order valence-corrected chi connectivity index (χ3v) is 1.73. The number of tetrazole rings is 1. The molecule has 0 spiro atoms. The van der Waals surface area contributed by atoms with E-state index in [1.807, 2.05) is 0 Å². The minimum atomic E-state index is 0.160. The Morgan fingerprint density at radius 3 is 3.25 bits per heavy atom. The first-order chi connectivity index (χ1) is 5.95. The van der Waals surface area contributed by atoms with Crippen LogP contribution in [-0.2, 0) is 16.0 Å². The average molecular weight is 170 g/mol. The van der Waals surface area contributed by atoms with E-state index in [2.05, 4.69) is 15.4 Å². The first-order valence-electron chi connectivity index (χ1n) is 3.85. The van der Waals surface area contributed by atoms with E-state index in [9.17, 15) is 0 Å². The van der Waals surface area contributed by atoms with Gasteiger partial charge in [0.1, 0.15) is 6.79 Å². The fourth-order valence-corrected chi connectivity index (χ4v) is 1.10. The summed E-state index contributed by atoms with van der Waals surface area (Å²) in [5, 5.41) is 11.2. The maximum atomic E-state index is 5.30. The van der Waals surface area contributed by atoms with Gasteiger partial charge in [0.25, 0.3) is 0 Å². The van der Waals surface area contributed by atoms with Gasteiger partial charge in [0, 0.05) is 0 Å². The maximum Gasteiger partial charge on any atom is 0.162 e. The lowest BCUT2D eigenvalue weighted by molar-refractivity contribution is -0.144. The molecule has 1 aliphatic rings. The second-order valence-corrected chi connectivity index (χ2v) is 2.59. The van der Waals surface area contributed by atoms with Gasteiger partial charge < -0.3 is 9.47 Å². The molecule has 66 valence electrons. The van der Waals surface area contributed by atoms with Gasteiger partial charge in [-0.05, 0) is 11.6 Å². The highest BCUT2D eigenvalue weighted by Crippen LogP contribution is 2.06. The zero-order valence-electron chi connectivity index (χ0n) is 6.59. The van der Waals surface area contributed by atoms with Crippen molar-refractivity contribution < 1.29 is 9.47 Å². The molecule has 2 heterocycles. The van der Waals surface area contributed by atoms with Crippen molar-refractivity contribution in [2.24, 2.45) is 0 Å². The lowest BCUT2D eigenvalue weighted by Crippen LogP contribution is -2.28. The van der Waals surface area contributed by atoms with Crippen molar-refractivity contribution in [1.29, 1.82) is 0 Å². The minimum absolute atomic E-state index is 0.160. The summed E-state index contributed by atoms with van der Waals surface area (Å²) in [5.41, 5.74) is 0. The SMILES string of the molecule is c1nnn(C[C@@H]2CCOCO2)n1. The molecule has 2 rings (SSSR count). The molecule has 6 nitrogen and oxygen atoms in total. The van der Waals surface area contributed by atoms with Crippen LogP contribution in [0.2, 0.25) is 0 Å². The lowest BCUT2D eigenvalue weighted by atomic mass is 10.2. The van der Waals surface area contributed by atoms with E-state index in [0.29, 0.717) is 13.3 Å². The van der Waals surface area contributed by atoms with E-state index in [1.165, 1.54) is 11.1 Å². The Hall–Kier alpha value is -1.01. The molecule has 1 aromatic heterocycles. The molecule has 0 unspecified atom stereocenters. The molecule has 6 heteroatoms. The van der Waals surface area contributed by atoms with Crippen LogP contribution >= 0.6 is 0 Å². The summed E-state index contributed by atoms with van der Waals surface area (Å²) >= 11 is 0. The van der Waals surface area contributed by atoms with Gasteiger partial charge in [0.2, 0.25) is 0 Å². The second-order valence-electron chi connectivity index (χ2n) is 2.59. The fourth-order valence-electron chi connectivity index (χ4n) is 1.10. The molecule has 1 atom stereocenters. The van der Waals surface area contributed by atoms with Crippen LogP contribution in [0.25, 0.3) is 0 Å². The Morgan fingerprint density at radius 1 is 1.58 bits per heavy atom. The third kappa shape index (κ3) is 1.77. The van der Waals surface area contributed by atoms with E-state index in [-0.39, 0.29) is 6.10 Å². The number of nitrogens with zero attached hydrogens (tertiary/aromatic N) is 4. The van der Waals surface area contributed by atoms with Crippen molar-refractivity contribution in [1.82, 2.24) is 20.2 Å². The summed E-state index contributed by atoms with van der Waals surface area (Å²) < 4.78 is 10.3. The van der Waals surface area contributed by atoms with Gasteiger partial charge in [0.15, 0.2) is 6.33 Å². The van der Waals surface area contributed by atoms with Crippen molar-refractivity contribution in [3.63, 3.8) is 0 Å². The van der Waals surface area contributed by atoms with Crippen molar-refractivity contribution in [2.45, 2.75) is 19.1 Å². The second kappa shape index (κ2) is 3.59. The molecule has 1 fully saturated rings. The molecule has 12 heavy (non-hydrogen) atoms. The van der Waals surface area contributed by atoms with Gasteiger partial charge in [-0.25, -0.2) is 0 Å². The van der Waals surface area contributed by atoms with E-state index in [4.69, 9.17) is 9.47 Å². The standard InChI is InChI=1S/C6H10N4O2/c1-2-11-5-12-6(1)3-10-8-4-7-9-10/h4,6H,1-3,5H2/t6-/m0/s1. The van der Waals surface area contributed by atoms with Crippen molar-refractivity contribution >= 4 is 0 Å². The molecule has 0 radical (unpaired) electrons. The minimum Gasteiger partial charge on any atom is -0.355 e. The van der Waals surface area contributed by atoms with Gasteiger partial charge in [-0.15, -0.1) is 10.2 Å². The van der Waals surface area contributed by atoms with Crippen molar-refractivity contribution in [2.75, 3.05) is 13.4 Å². The third-order valence-electron chi connectivity index (χ3n) is 1.73. The summed E-state index contributed by atoms with van der Waals surface area (Å²) in [5.74, 6) is 0. The van der Waals surface area contributed by atoms with Gasteiger partial charge in [-0.1, -0.05) is 0 Å². The molecule has 0 aromatic carbocycles. The highest BCUT2D eigenvalue weighted by atomic mass is 16.7. The molecule has 1 aliphatic heterocycles. The van der Waals surface area contributed by atoms with Crippen LogP contribution in [0.1, 0.15) is 6.42 Å². The zero-order valence-corrected chi connectivity index (χ0v) is 6.59. The predicted octanol–water partition coefficient (Wildman–Crippen LogP) is -0.564. The summed E-state index contributed by atoms with van der Waals surface area (Å²) in [6, 6.07) is 0. The quantitative estimate of drug-likeness (QED) is 0.595. The van der Waals surface area contributed by atoms with Crippen LogP contribution in [0, 0.1) is 0 Å².